The summed E-state index contributed by atoms with van der Waals surface area (Å²) in [5.41, 5.74) is -0.611. The molecule has 0 aliphatic carbocycles. The van der Waals surface area contributed by atoms with E-state index in [0.29, 0.717) is 3.53 Å². The first-order valence-electron chi connectivity index (χ1n) is 1.87. The minimum absolute atomic E-state index is 0.428. The number of thiocarbonyl (C=S) groups is 1. The van der Waals surface area contributed by atoms with Crippen LogP contribution in [0.2, 0.25) is 0 Å². The number of thiol groups is 1. The molecule has 0 heterocycles. The molecule has 0 aromatic carbocycles. The Balaban J connectivity index is 3.38. The van der Waals surface area contributed by atoms with Crippen molar-refractivity contribution in [2.24, 2.45) is 0 Å². The molecule has 0 radical (unpaired) electrons. The van der Waals surface area contributed by atoms with Gasteiger partial charge in [0.15, 0.2) is 0 Å². The van der Waals surface area contributed by atoms with Gasteiger partial charge in [-0.15, -0.1) is 12.6 Å². The minimum atomic E-state index is -0.611. The van der Waals surface area contributed by atoms with E-state index >= 15 is 0 Å². The second-order valence-electron chi connectivity index (χ2n) is 1.01. The van der Waals surface area contributed by atoms with Crippen molar-refractivity contribution in [1.82, 2.24) is 0 Å². The van der Waals surface area contributed by atoms with Gasteiger partial charge >= 0.3 is 0 Å². The van der Waals surface area contributed by atoms with Crippen LogP contribution in [0, 0.1) is 0 Å². The lowest BCUT2D eigenvalue weighted by atomic mass is 10.7. The smallest absolute Gasteiger partial charge is 0.123 e. The molecule has 1 nitrogen and oxygen atoms in total. The largest absolute Gasteiger partial charge is 0.378 e. The zero-order valence-corrected chi connectivity index (χ0v) is 6.60. The second-order valence-corrected chi connectivity index (χ2v) is 3.86. The summed E-state index contributed by atoms with van der Waals surface area (Å²) in [4.78, 5) is 0. The Hall–Kier alpha value is 0.490. The molecule has 0 amide bonds. The fourth-order valence-electron chi connectivity index (χ4n) is 0.151. The van der Waals surface area contributed by atoms with Gasteiger partial charge in [0.2, 0.25) is 0 Å². The van der Waals surface area contributed by atoms with Crippen LogP contribution in [0.4, 0.5) is 0 Å². The van der Waals surface area contributed by atoms with Crippen LogP contribution in [0.1, 0.15) is 0 Å². The Morgan fingerprint density at radius 1 is 2.00 bits per heavy atom. The molecule has 0 rings (SSSR count). The molecular weight excluding hydrogens is 160 g/mol. The molecule has 0 aromatic rings. The van der Waals surface area contributed by atoms with E-state index in [9.17, 15) is 0 Å². The first-order chi connectivity index (χ1) is 3.66. The van der Waals surface area contributed by atoms with E-state index < -0.39 is 5.44 Å². The zero-order valence-electron chi connectivity index (χ0n) is 4.07. The first-order valence-corrected chi connectivity index (χ1v) is 3.60. The van der Waals surface area contributed by atoms with Crippen molar-refractivity contribution in [3.05, 3.63) is 12.7 Å². The summed E-state index contributed by atoms with van der Waals surface area (Å²) in [7, 11) is 0. The summed E-state index contributed by atoms with van der Waals surface area (Å²) in [6, 6.07) is 0. The molecule has 0 spiro atoms. The average Bonchev–Trinajstić information content (AvgIpc) is 1.65. The summed E-state index contributed by atoms with van der Waals surface area (Å²) < 4.78 is 0.428. The van der Waals surface area contributed by atoms with Crippen molar-refractivity contribution in [2.45, 2.75) is 5.44 Å². The zero-order chi connectivity index (χ0) is 6.57. The lowest BCUT2D eigenvalue weighted by Crippen LogP contribution is -1.94. The first kappa shape index (κ1) is 8.49. The summed E-state index contributed by atoms with van der Waals surface area (Å²) in [5.74, 6) is 0. The van der Waals surface area contributed by atoms with Crippen molar-refractivity contribution >= 4 is 40.1 Å². The molecule has 0 fully saturated rings. The Morgan fingerprint density at radius 2 is 2.50 bits per heavy atom. The van der Waals surface area contributed by atoms with Crippen molar-refractivity contribution in [3.63, 3.8) is 0 Å². The lowest BCUT2D eigenvalue weighted by Gasteiger charge is -1.98. The van der Waals surface area contributed by atoms with E-state index in [4.69, 9.17) is 5.11 Å². The van der Waals surface area contributed by atoms with Crippen LogP contribution in [0.3, 0.4) is 0 Å². The summed E-state index contributed by atoms with van der Waals surface area (Å²) >= 11 is 9.42. The molecule has 0 aliphatic heterocycles. The molecule has 4 heteroatoms. The van der Waals surface area contributed by atoms with Crippen LogP contribution in [-0.4, -0.2) is 14.1 Å². The highest BCUT2D eigenvalue weighted by Crippen LogP contribution is 2.13. The van der Waals surface area contributed by atoms with Crippen molar-refractivity contribution in [1.29, 1.82) is 0 Å². The predicted molar refractivity (Wildman–Crippen MR) is 45.4 cm³/mol. The lowest BCUT2D eigenvalue weighted by molar-refractivity contribution is 0.311. The summed E-state index contributed by atoms with van der Waals surface area (Å²) in [6.45, 7) is 3.35. The Bertz CT molecular complexity index is 101. The van der Waals surface area contributed by atoms with Gasteiger partial charge in [0, 0.05) is 0 Å². The molecule has 1 atom stereocenters. The van der Waals surface area contributed by atoms with E-state index in [0.717, 1.165) is 11.8 Å². The molecule has 0 bridgehead atoms. The van der Waals surface area contributed by atoms with Gasteiger partial charge in [-0.2, -0.15) is 0 Å². The third-order valence-corrected chi connectivity index (χ3v) is 1.66. The fourth-order valence-corrected chi connectivity index (χ4v) is 1.07. The average molecular weight is 166 g/mol. The monoisotopic (exact) mass is 166 g/mol. The van der Waals surface area contributed by atoms with Gasteiger partial charge in [0.1, 0.15) is 8.96 Å². The molecule has 0 saturated heterocycles. The second kappa shape index (κ2) is 4.38. The van der Waals surface area contributed by atoms with E-state index in [-0.39, 0.29) is 0 Å². The maximum Gasteiger partial charge on any atom is 0.123 e. The molecule has 0 aromatic heterocycles. The van der Waals surface area contributed by atoms with E-state index in [2.05, 4.69) is 31.4 Å². The quantitative estimate of drug-likeness (QED) is 0.280. The van der Waals surface area contributed by atoms with E-state index in [1.807, 2.05) is 0 Å². The predicted octanol–water partition coefficient (Wildman–Crippen LogP) is 1.44. The van der Waals surface area contributed by atoms with Gasteiger partial charge in [-0.25, -0.2) is 0 Å². The maximum absolute atomic E-state index is 8.74. The number of thioether (sulfide) groups is 1. The van der Waals surface area contributed by atoms with Gasteiger partial charge in [-0.3, -0.25) is 0 Å². The SMILES string of the molecule is C=CC(O)SC(=S)S. The van der Waals surface area contributed by atoms with Gasteiger partial charge in [-0.1, -0.05) is 36.6 Å². The van der Waals surface area contributed by atoms with Crippen LogP contribution in [0.5, 0.6) is 0 Å². The van der Waals surface area contributed by atoms with Crippen molar-refractivity contribution in [3.8, 4) is 0 Å². The standard InChI is InChI=1S/C4H6OS3/c1-2-3(5)8-4(6)7/h2-3,5H,1H2,(H,6,7). The van der Waals surface area contributed by atoms with Gasteiger partial charge < -0.3 is 5.11 Å². The third-order valence-electron chi connectivity index (χ3n) is 0.423. The van der Waals surface area contributed by atoms with Crippen LogP contribution in [0.25, 0.3) is 0 Å². The number of aliphatic hydroxyl groups is 1. The topological polar surface area (TPSA) is 20.2 Å². The summed E-state index contributed by atoms with van der Waals surface area (Å²) in [5, 5.41) is 8.74. The van der Waals surface area contributed by atoms with Gasteiger partial charge in [0.05, 0.1) is 0 Å². The molecule has 0 saturated carbocycles. The normalized spacial score (nSPS) is 12.8. The molecule has 46 valence electrons. The van der Waals surface area contributed by atoms with Crippen LogP contribution in [0.15, 0.2) is 12.7 Å². The van der Waals surface area contributed by atoms with Gasteiger partial charge in [-0.05, 0) is 0 Å². The van der Waals surface area contributed by atoms with Crippen LogP contribution >= 0.6 is 36.6 Å². The highest BCUT2D eigenvalue weighted by molar-refractivity contribution is 8.41. The number of rotatable bonds is 2. The minimum Gasteiger partial charge on any atom is -0.378 e. The number of hydrogen-bond acceptors (Lipinski definition) is 3. The van der Waals surface area contributed by atoms with E-state index in [1.165, 1.54) is 6.08 Å². The molecule has 1 unspecified atom stereocenters. The number of hydrogen-bond donors (Lipinski definition) is 2. The van der Waals surface area contributed by atoms with Crippen molar-refractivity contribution < 1.29 is 5.11 Å². The highest BCUT2D eigenvalue weighted by Gasteiger charge is 1.97. The molecule has 8 heavy (non-hydrogen) atoms. The Morgan fingerprint density at radius 3 is 2.62 bits per heavy atom. The van der Waals surface area contributed by atoms with Crippen LogP contribution in [-0.2, 0) is 0 Å². The maximum atomic E-state index is 8.74. The molecule has 1 N–H and O–H groups in total. The van der Waals surface area contributed by atoms with Gasteiger partial charge in [0.25, 0.3) is 0 Å². The Labute approximate surface area is 63.6 Å². The van der Waals surface area contributed by atoms with Crippen molar-refractivity contribution in [2.75, 3.05) is 0 Å². The van der Waals surface area contributed by atoms with Crippen LogP contribution < -0.4 is 0 Å². The number of aliphatic hydroxyl groups excluding tert-OH is 1. The molecule has 0 aliphatic rings. The third kappa shape index (κ3) is 4.64. The summed E-state index contributed by atoms with van der Waals surface area (Å²) in [6.07, 6.45) is 1.40. The van der Waals surface area contributed by atoms with E-state index in [1.54, 1.807) is 0 Å². The fraction of sp³-hybridized carbons (Fsp3) is 0.250. The highest BCUT2D eigenvalue weighted by atomic mass is 32.2. The Kier molecular flexibility index (Phi) is 4.64. The molecular formula is C4H6OS3.